The zero-order chi connectivity index (χ0) is 25.7. The van der Waals surface area contributed by atoms with Gasteiger partial charge in [-0.1, -0.05) is 30.3 Å². The first-order valence-electron chi connectivity index (χ1n) is 12.2. The van der Waals surface area contributed by atoms with Crippen molar-refractivity contribution in [3.8, 4) is 5.75 Å². The lowest BCUT2D eigenvalue weighted by molar-refractivity contribution is -0.0221. The summed E-state index contributed by atoms with van der Waals surface area (Å²) < 4.78 is 16.6. The standard InChI is InChI=1S/C27H33N3O6/c1-27(2,3)36-26(33)30-17-23(18-30)35-22-11-9-21(10-12-22)24(31)28-13-15-29(16-14-28)25(32)34-19-20-7-5-4-6-8-20/h4-12,23H,13-19H2,1-3H3. The van der Waals surface area contributed by atoms with E-state index in [2.05, 4.69) is 0 Å². The molecular weight excluding hydrogens is 462 g/mol. The topological polar surface area (TPSA) is 88.6 Å². The van der Waals surface area contributed by atoms with Crippen LogP contribution in [0.1, 0.15) is 36.7 Å². The summed E-state index contributed by atoms with van der Waals surface area (Å²) in [4.78, 5) is 42.3. The van der Waals surface area contributed by atoms with Gasteiger partial charge in [-0.25, -0.2) is 9.59 Å². The maximum atomic E-state index is 12.9. The minimum atomic E-state index is -0.524. The summed E-state index contributed by atoms with van der Waals surface area (Å²) in [6.45, 7) is 8.41. The average Bonchev–Trinajstić information content (AvgIpc) is 2.84. The predicted octanol–water partition coefficient (Wildman–Crippen LogP) is 3.78. The molecule has 9 heteroatoms. The third kappa shape index (κ3) is 6.68. The highest BCUT2D eigenvalue weighted by Crippen LogP contribution is 2.22. The highest BCUT2D eigenvalue weighted by molar-refractivity contribution is 5.94. The molecule has 2 fully saturated rings. The van der Waals surface area contributed by atoms with Crippen molar-refractivity contribution in [3.63, 3.8) is 0 Å². The van der Waals surface area contributed by atoms with E-state index in [0.29, 0.717) is 50.6 Å². The molecule has 0 N–H and O–H groups in total. The fourth-order valence-corrected chi connectivity index (χ4v) is 3.94. The van der Waals surface area contributed by atoms with E-state index >= 15 is 0 Å². The lowest BCUT2D eigenvalue weighted by Gasteiger charge is -2.39. The highest BCUT2D eigenvalue weighted by Gasteiger charge is 2.35. The van der Waals surface area contributed by atoms with Crippen molar-refractivity contribution in [2.45, 2.75) is 39.1 Å². The third-order valence-electron chi connectivity index (χ3n) is 5.93. The molecule has 36 heavy (non-hydrogen) atoms. The molecule has 2 aliphatic heterocycles. The fraction of sp³-hybridized carbons (Fsp3) is 0.444. The molecule has 192 valence electrons. The SMILES string of the molecule is CC(C)(C)OC(=O)N1CC(Oc2ccc(C(=O)N3CCN(C(=O)OCc4ccccc4)CC3)cc2)C1. The summed E-state index contributed by atoms with van der Waals surface area (Å²) in [5.74, 6) is 0.560. The summed E-state index contributed by atoms with van der Waals surface area (Å²) >= 11 is 0. The molecule has 0 bridgehead atoms. The number of ether oxygens (including phenoxy) is 3. The summed E-state index contributed by atoms with van der Waals surface area (Å²) in [7, 11) is 0. The van der Waals surface area contributed by atoms with Crippen molar-refractivity contribution >= 4 is 18.1 Å². The van der Waals surface area contributed by atoms with Gasteiger partial charge in [0.2, 0.25) is 0 Å². The van der Waals surface area contributed by atoms with E-state index in [4.69, 9.17) is 14.2 Å². The van der Waals surface area contributed by atoms with Crippen LogP contribution in [-0.2, 0) is 16.1 Å². The number of hydrogen-bond acceptors (Lipinski definition) is 6. The molecule has 0 atom stereocenters. The molecule has 2 aromatic rings. The number of carbonyl (C=O) groups is 3. The summed E-state index contributed by atoms with van der Waals surface area (Å²) in [6, 6.07) is 16.5. The Morgan fingerprint density at radius 2 is 1.42 bits per heavy atom. The zero-order valence-electron chi connectivity index (χ0n) is 21.0. The van der Waals surface area contributed by atoms with E-state index in [1.807, 2.05) is 51.1 Å². The Morgan fingerprint density at radius 3 is 2.03 bits per heavy atom. The molecule has 3 amide bonds. The van der Waals surface area contributed by atoms with Gasteiger partial charge in [0.05, 0.1) is 13.1 Å². The van der Waals surface area contributed by atoms with E-state index in [9.17, 15) is 14.4 Å². The Kier molecular flexibility index (Phi) is 7.67. The number of piperazine rings is 1. The number of rotatable bonds is 5. The average molecular weight is 496 g/mol. The van der Waals surface area contributed by atoms with Crippen molar-refractivity contribution in [2.24, 2.45) is 0 Å². The van der Waals surface area contributed by atoms with Crippen LogP contribution in [0.25, 0.3) is 0 Å². The molecule has 2 saturated heterocycles. The van der Waals surface area contributed by atoms with Crippen LogP contribution in [0.3, 0.4) is 0 Å². The van der Waals surface area contributed by atoms with Gasteiger partial charge in [0.1, 0.15) is 24.1 Å². The van der Waals surface area contributed by atoms with Gasteiger partial charge in [-0.15, -0.1) is 0 Å². The van der Waals surface area contributed by atoms with Crippen LogP contribution in [0.2, 0.25) is 0 Å². The van der Waals surface area contributed by atoms with Gasteiger partial charge in [0.25, 0.3) is 5.91 Å². The molecule has 2 aromatic carbocycles. The van der Waals surface area contributed by atoms with Crippen molar-refractivity contribution in [2.75, 3.05) is 39.3 Å². The van der Waals surface area contributed by atoms with Crippen molar-refractivity contribution in [1.29, 1.82) is 0 Å². The second kappa shape index (κ2) is 10.9. The normalized spacial score (nSPS) is 16.2. The maximum absolute atomic E-state index is 12.9. The summed E-state index contributed by atoms with van der Waals surface area (Å²) in [5.41, 5.74) is 0.972. The lowest BCUT2D eigenvalue weighted by atomic mass is 10.1. The number of likely N-dealkylation sites (tertiary alicyclic amines) is 1. The molecule has 0 unspecified atom stereocenters. The predicted molar refractivity (Wildman–Crippen MR) is 133 cm³/mol. The Balaban J connectivity index is 1.19. The van der Waals surface area contributed by atoms with Crippen molar-refractivity contribution < 1.29 is 28.6 Å². The smallest absolute Gasteiger partial charge is 0.410 e. The molecule has 2 heterocycles. The number of carbonyl (C=O) groups excluding carboxylic acids is 3. The van der Waals surface area contributed by atoms with Crippen LogP contribution in [0.5, 0.6) is 5.75 Å². The van der Waals surface area contributed by atoms with Crippen LogP contribution in [-0.4, -0.2) is 83.8 Å². The van der Waals surface area contributed by atoms with Gasteiger partial charge in [0.15, 0.2) is 0 Å². The Morgan fingerprint density at radius 1 is 0.806 bits per heavy atom. The fourth-order valence-electron chi connectivity index (χ4n) is 3.94. The maximum Gasteiger partial charge on any atom is 0.410 e. The molecule has 2 aliphatic rings. The largest absolute Gasteiger partial charge is 0.487 e. The van der Waals surface area contributed by atoms with Crippen molar-refractivity contribution in [3.05, 3.63) is 65.7 Å². The second-order valence-corrected chi connectivity index (χ2v) is 9.97. The summed E-state index contributed by atoms with van der Waals surface area (Å²) in [6.07, 6.45) is -0.810. The third-order valence-corrected chi connectivity index (χ3v) is 5.93. The monoisotopic (exact) mass is 495 g/mol. The van der Waals surface area contributed by atoms with Gasteiger partial charge in [-0.2, -0.15) is 0 Å². The van der Waals surface area contributed by atoms with Gasteiger partial charge < -0.3 is 28.9 Å². The Labute approximate surface area is 211 Å². The minimum absolute atomic E-state index is 0.0846. The van der Waals surface area contributed by atoms with Crippen LogP contribution in [0.4, 0.5) is 9.59 Å². The van der Waals surface area contributed by atoms with E-state index < -0.39 is 5.60 Å². The van der Waals surface area contributed by atoms with Crippen molar-refractivity contribution in [1.82, 2.24) is 14.7 Å². The van der Waals surface area contributed by atoms with Gasteiger partial charge in [-0.3, -0.25) is 4.79 Å². The zero-order valence-corrected chi connectivity index (χ0v) is 21.0. The van der Waals surface area contributed by atoms with Crippen LogP contribution < -0.4 is 4.74 Å². The quantitative estimate of drug-likeness (QED) is 0.627. The van der Waals surface area contributed by atoms with Crippen LogP contribution in [0.15, 0.2) is 54.6 Å². The Hall–Kier alpha value is -3.75. The van der Waals surface area contributed by atoms with Gasteiger partial charge in [0, 0.05) is 31.7 Å². The first kappa shape index (κ1) is 25.3. The van der Waals surface area contributed by atoms with E-state index in [1.165, 1.54) is 0 Å². The molecule has 4 rings (SSSR count). The second-order valence-electron chi connectivity index (χ2n) is 9.97. The lowest BCUT2D eigenvalue weighted by Crippen LogP contribution is -2.57. The summed E-state index contributed by atoms with van der Waals surface area (Å²) in [5, 5.41) is 0. The molecule has 0 aromatic heterocycles. The molecule has 0 radical (unpaired) electrons. The van der Waals surface area contributed by atoms with E-state index in [-0.39, 0.29) is 30.8 Å². The molecule has 0 spiro atoms. The molecule has 0 saturated carbocycles. The molecule has 9 nitrogen and oxygen atoms in total. The number of amides is 3. The van der Waals surface area contributed by atoms with Crippen LogP contribution in [0, 0.1) is 0 Å². The van der Waals surface area contributed by atoms with Crippen LogP contribution >= 0.6 is 0 Å². The minimum Gasteiger partial charge on any atom is -0.487 e. The number of benzene rings is 2. The molecular formula is C27H33N3O6. The first-order chi connectivity index (χ1) is 17.2. The van der Waals surface area contributed by atoms with E-state index in [0.717, 1.165) is 5.56 Å². The van der Waals surface area contributed by atoms with E-state index in [1.54, 1.807) is 39.0 Å². The van der Waals surface area contributed by atoms with Gasteiger partial charge >= 0.3 is 12.2 Å². The highest BCUT2D eigenvalue weighted by atomic mass is 16.6. The molecule has 0 aliphatic carbocycles. The Bertz CT molecular complexity index is 1050. The number of nitrogens with zero attached hydrogens (tertiary/aromatic N) is 3. The number of hydrogen-bond donors (Lipinski definition) is 0. The first-order valence-corrected chi connectivity index (χ1v) is 12.2. The van der Waals surface area contributed by atoms with Gasteiger partial charge in [-0.05, 0) is 50.6 Å².